The first-order valence-corrected chi connectivity index (χ1v) is 11.0. The molecule has 1 atom stereocenters. The predicted molar refractivity (Wildman–Crippen MR) is 120 cm³/mol. The summed E-state index contributed by atoms with van der Waals surface area (Å²) in [6.45, 7) is 2.69. The van der Waals surface area contributed by atoms with Crippen LogP contribution in [-0.4, -0.2) is 48.4 Å². The van der Waals surface area contributed by atoms with Crippen molar-refractivity contribution in [2.45, 2.75) is 45.2 Å². The molecule has 0 saturated carbocycles. The Morgan fingerprint density at radius 2 is 1.94 bits per heavy atom. The van der Waals surface area contributed by atoms with Crippen molar-refractivity contribution in [1.82, 2.24) is 30.2 Å². The molecule has 1 unspecified atom stereocenters. The third kappa shape index (κ3) is 5.48. The van der Waals surface area contributed by atoms with Gasteiger partial charge >= 0.3 is 5.97 Å². The molecule has 4 rings (SSSR count). The lowest BCUT2D eigenvalue weighted by Crippen LogP contribution is -2.35. The fourth-order valence-corrected chi connectivity index (χ4v) is 3.87. The average Bonchev–Trinajstić information content (AvgIpc) is 2.83. The summed E-state index contributed by atoms with van der Waals surface area (Å²) >= 11 is 0. The Morgan fingerprint density at radius 1 is 1.15 bits per heavy atom. The number of hydrogen-bond acceptors (Lipinski definition) is 8. The number of pyridine rings is 1. The van der Waals surface area contributed by atoms with Gasteiger partial charge in [0.1, 0.15) is 5.82 Å². The monoisotopic (exact) mass is 465 g/mol. The molecule has 0 aromatic carbocycles. The fourth-order valence-electron chi connectivity index (χ4n) is 3.87. The van der Waals surface area contributed by atoms with Crippen LogP contribution in [0.1, 0.15) is 49.0 Å². The van der Waals surface area contributed by atoms with E-state index in [2.05, 4.69) is 30.2 Å². The molecule has 0 radical (unpaired) electrons. The van der Waals surface area contributed by atoms with Crippen LogP contribution in [-0.2, 0) is 22.6 Å². The van der Waals surface area contributed by atoms with Gasteiger partial charge in [-0.3, -0.25) is 9.59 Å². The molecular formula is C23H24FN7O3. The van der Waals surface area contributed by atoms with E-state index in [0.29, 0.717) is 36.0 Å². The number of fused-ring (bicyclic) bond motifs is 1. The van der Waals surface area contributed by atoms with Crippen LogP contribution in [0.15, 0.2) is 36.8 Å². The number of amides is 1. The van der Waals surface area contributed by atoms with Crippen LogP contribution in [0.4, 0.5) is 10.2 Å². The number of nitrogens with zero attached hydrogens (tertiary/aromatic N) is 6. The van der Waals surface area contributed by atoms with Crippen molar-refractivity contribution >= 4 is 17.7 Å². The number of nitrogens with one attached hydrogen (secondary N) is 1. The molecule has 0 fully saturated rings. The number of aliphatic carboxylic acids is 1. The van der Waals surface area contributed by atoms with Crippen LogP contribution in [0.25, 0.3) is 11.6 Å². The van der Waals surface area contributed by atoms with Crippen LogP contribution in [0, 0.1) is 5.95 Å². The van der Waals surface area contributed by atoms with Crippen LogP contribution >= 0.6 is 0 Å². The normalized spacial score (nSPS) is 15.0. The first-order valence-electron chi connectivity index (χ1n) is 11.0. The van der Waals surface area contributed by atoms with E-state index in [0.717, 1.165) is 11.3 Å². The number of rotatable bonds is 8. The van der Waals surface area contributed by atoms with E-state index in [4.69, 9.17) is 5.11 Å². The molecule has 1 aliphatic heterocycles. The number of carbonyl (C=O) groups is 2. The van der Waals surface area contributed by atoms with E-state index in [1.165, 1.54) is 6.07 Å². The molecule has 1 aliphatic rings. The number of halogens is 1. The molecule has 3 aromatic heterocycles. The van der Waals surface area contributed by atoms with E-state index in [9.17, 15) is 14.0 Å². The zero-order chi connectivity index (χ0) is 24.1. The molecule has 0 bridgehead atoms. The summed E-state index contributed by atoms with van der Waals surface area (Å²) < 4.78 is 14.3. The first-order chi connectivity index (χ1) is 16.4. The third-order valence-corrected chi connectivity index (χ3v) is 5.59. The number of anilines is 1. The van der Waals surface area contributed by atoms with Crippen LogP contribution in [0.3, 0.4) is 0 Å². The third-order valence-electron chi connectivity index (χ3n) is 5.59. The van der Waals surface area contributed by atoms with Crippen molar-refractivity contribution in [3.05, 3.63) is 59.6 Å². The summed E-state index contributed by atoms with van der Waals surface area (Å²) in [6, 6.07) is 4.61. The maximum absolute atomic E-state index is 14.3. The standard InChI is InChI=1S/C23H24FN7O3/c1-14-16-13-28-23(22-25-7-3-8-26-22)29-17(16)6-9-31(14)19-11-15(10-18(24)30-19)12-27-20(32)4-2-5-21(33)34/h3,7-8,10-11,13-14H,2,4-6,9,12H2,1H3,(H,27,32)(H,33,34). The molecule has 0 aliphatic carbocycles. The number of carbonyl (C=O) groups excluding carboxylic acids is 1. The summed E-state index contributed by atoms with van der Waals surface area (Å²) in [7, 11) is 0. The topological polar surface area (TPSA) is 134 Å². The highest BCUT2D eigenvalue weighted by molar-refractivity contribution is 5.76. The van der Waals surface area contributed by atoms with Crippen molar-refractivity contribution < 1.29 is 19.1 Å². The van der Waals surface area contributed by atoms with Crippen LogP contribution in [0.5, 0.6) is 0 Å². The van der Waals surface area contributed by atoms with Gasteiger partial charge in [-0.15, -0.1) is 0 Å². The fraction of sp³-hybridized carbons (Fsp3) is 0.348. The second kappa shape index (κ2) is 10.3. The van der Waals surface area contributed by atoms with E-state index in [-0.39, 0.29) is 37.8 Å². The van der Waals surface area contributed by atoms with Gasteiger partial charge in [0.05, 0.1) is 11.7 Å². The Kier molecular flexibility index (Phi) is 7.00. The molecule has 1 amide bonds. The van der Waals surface area contributed by atoms with E-state index >= 15 is 0 Å². The first kappa shape index (κ1) is 23.1. The molecule has 10 nitrogen and oxygen atoms in total. The summed E-state index contributed by atoms with van der Waals surface area (Å²) in [5.74, 6) is -0.481. The van der Waals surface area contributed by atoms with Crippen molar-refractivity contribution in [1.29, 1.82) is 0 Å². The smallest absolute Gasteiger partial charge is 0.303 e. The van der Waals surface area contributed by atoms with E-state index in [1.54, 1.807) is 30.7 Å². The van der Waals surface area contributed by atoms with E-state index in [1.807, 2.05) is 11.8 Å². The Bertz CT molecular complexity index is 1190. The number of hydrogen-bond donors (Lipinski definition) is 2. The van der Waals surface area contributed by atoms with Gasteiger partial charge in [-0.25, -0.2) is 24.9 Å². The summed E-state index contributed by atoms with van der Waals surface area (Å²) in [4.78, 5) is 46.0. The Balaban J connectivity index is 1.46. The molecule has 4 heterocycles. The largest absolute Gasteiger partial charge is 0.481 e. The number of aromatic nitrogens is 5. The molecule has 34 heavy (non-hydrogen) atoms. The minimum atomic E-state index is -0.944. The van der Waals surface area contributed by atoms with Crippen molar-refractivity contribution in [3.8, 4) is 11.6 Å². The van der Waals surface area contributed by atoms with Gasteiger partial charge in [-0.05, 0) is 37.1 Å². The molecule has 0 saturated heterocycles. The number of carboxylic acids is 1. The Hall–Kier alpha value is -4.02. The van der Waals surface area contributed by atoms with Gasteiger partial charge in [0, 0.05) is 56.5 Å². The van der Waals surface area contributed by atoms with Gasteiger partial charge in [0.25, 0.3) is 0 Å². The van der Waals surface area contributed by atoms with E-state index < -0.39 is 11.9 Å². The maximum atomic E-state index is 14.3. The molecule has 11 heteroatoms. The zero-order valence-electron chi connectivity index (χ0n) is 18.6. The minimum Gasteiger partial charge on any atom is -0.481 e. The molecular weight excluding hydrogens is 441 g/mol. The SMILES string of the molecule is CC1c2cnc(-c3ncccn3)nc2CCN1c1cc(CNC(=O)CCCC(=O)O)cc(F)n1. The summed E-state index contributed by atoms with van der Waals surface area (Å²) in [5.41, 5.74) is 2.39. The highest BCUT2D eigenvalue weighted by atomic mass is 19.1. The summed E-state index contributed by atoms with van der Waals surface area (Å²) in [6.07, 6.45) is 5.94. The lowest BCUT2D eigenvalue weighted by atomic mass is 9.99. The maximum Gasteiger partial charge on any atom is 0.303 e. The van der Waals surface area contributed by atoms with Crippen LogP contribution < -0.4 is 10.2 Å². The lowest BCUT2D eigenvalue weighted by Gasteiger charge is -2.35. The van der Waals surface area contributed by atoms with Gasteiger partial charge in [-0.1, -0.05) is 0 Å². The van der Waals surface area contributed by atoms with Crippen molar-refractivity contribution in [3.63, 3.8) is 0 Å². The Morgan fingerprint density at radius 3 is 2.71 bits per heavy atom. The molecule has 0 spiro atoms. The number of carboxylic acid groups (broad SMARTS) is 1. The van der Waals surface area contributed by atoms with Gasteiger partial charge in [-0.2, -0.15) is 4.39 Å². The van der Waals surface area contributed by atoms with Crippen molar-refractivity contribution in [2.24, 2.45) is 0 Å². The predicted octanol–water partition coefficient (Wildman–Crippen LogP) is 2.46. The average molecular weight is 465 g/mol. The quantitative estimate of drug-likeness (QED) is 0.481. The Labute approximate surface area is 195 Å². The highest BCUT2D eigenvalue weighted by Crippen LogP contribution is 2.32. The molecule has 3 aromatic rings. The summed E-state index contributed by atoms with van der Waals surface area (Å²) in [5, 5.41) is 11.4. The lowest BCUT2D eigenvalue weighted by molar-refractivity contribution is -0.137. The van der Waals surface area contributed by atoms with Crippen molar-refractivity contribution in [2.75, 3.05) is 11.4 Å². The zero-order valence-corrected chi connectivity index (χ0v) is 18.6. The van der Waals surface area contributed by atoms with Gasteiger partial charge < -0.3 is 15.3 Å². The van der Waals surface area contributed by atoms with Gasteiger partial charge in [0.2, 0.25) is 11.9 Å². The molecule has 176 valence electrons. The van der Waals surface area contributed by atoms with Gasteiger partial charge in [0.15, 0.2) is 11.6 Å². The minimum absolute atomic E-state index is 0.0701. The second-order valence-corrected chi connectivity index (χ2v) is 7.97. The molecule has 2 N–H and O–H groups in total. The second-order valence-electron chi connectivity index (χ2n) is 7.97. The van der Waals surface area contributed by atoms with Crippen LogP contribution in [0.2, 0.25) is 0 Å². The highest BCUT2D eigenvalue weighted by Gasteiger charge is 2.27.